The molecule has 4 aliphatic carbocycles. The summed E-state index contributed by atoms with van der Waals surface area (Å²) < 4.78 is 163. The van der Waals surface area contributed by atoms with Crippen LogP contribution in [0, 0.1) is 35.5 Å². The minimum absolute atomic E-state index is 1.29. The number of hydrogen-bond donors (Lipinski definition) is 1. The average Bonchev–Trinajstić information content (AvgIpc) is 2.72. The van der Waals surface area contributed by atoms with E-state index in [0.29, 0.717) is 0 Å². The Morgan fingerprint density at radius 3 is 1.41 bits per heavy atom. The minimum Gasteiger partial charge on any atom is -0.373 e. The van der Waals surface area contributed by atoms with E-state index in [9.17, 15) is 57.8 Å². The summed E-state index contributed by atoms with van der Waals surface area (Å²) in [5.74, 6) is -12.6. The van der Waals surface area contributed by atoms with E-state index >= 15 is 0 Å². The molecule has 7 atom stereocenters. The van der Waals surface area contributed by atoms with Crippen LogP contribution in [0.3, 0.4) is 0 Å². The molecule has 2 nitrogen and oxygen atoms in total. The van der Waals surface area contributed by atoms with Crippen LogP contribution in [0.25, 0.3) is 0 Å². The van der Waals surface area contributed by atoms with Crippen molar-refractivity contribution in [1.82, 2.24) is 0 Å². The third-order valence-corrected chi connectivity index (χ3v) is 6.59. The van der Waals surface area contributed by atoms with Crippen LogP contribution in [-0.4, -0.2) is 47.1 Å². The predicted molar refractivity (Wildman–Crippen MR) is 57.7 cm³/mol. The first-order valence-electron chi connectivity index (χ1n) is 7.51. The van der Waals surface area contributed by atoms with Crippen LogP contribution in [0.4, 0.5) is 52.7 Å². The van der Waals surface area contributed by atoms with Crippen LogP contribution >= 0.6 is 0 Å². The largest absolute Gasteiger partial charge is 0.426 e. The zero-order valence-electron chi connectivity index (χ0n) is 12.4. The molecule has 6 bridgehead atoms. The molecule has 5 fully saturated rings. The van der Waals surface area contributed by atoms with E-state index in [0.717, 1.165) is 0 Å². The summed E-state index contributed by atoms with van der Waals surface area (Å²) in [7, 11) is 0. The maximum absolute atomic E-state index is 13.3. The summed E-state index contributed by atoms with van der Waals surface area (Å²) in [6, 6.07) is 0. The van der Waals surface area contributed by atoms with Crippen LogP contribution in [0.15, 0.2) is 0 Å². The third-order valence-electron chi connectivity index (χ3n) is 6.59. The number of alkyl halides is 12. The Morgan fingerprint density at radius 1 is 0.630 bits per heavy atom. The van der Waals surface area contributed by atoms with Gasteiger partial charge in [0.2, 0.25) is 0 Å². The number of aliphatic hydroxyl groups is 1. The Kier molecular flexibility index (Phi) is 3.21. The molecule has 156 valence electrons. The number of rotatable bonds is 1. The van der Waals surface area contributed by atoms with Crippen molar-refractivity contribution in [3.8, 4) is 0 Å². The highest BCUT2D eigenvalue weighted by atomic mass is 19.4. The van der Waals surface area contributed by atoms with Gasteiger partial charge in [0, 0.05) is 11.8 Å². The highest BCUT2D eigenvalue weighted by molar-refractivity contribution is 5.36. The Morgan fingerprint density at radius 2 is 1.07 bits per heavy atom. The average molecular weight is 424 g/mol. The summed E-state index contributed by atoms with van der Waals surface area (Å²) in [6.45, 7) is 0. The molecular formula is C13H8F12O2. The Bertz CT molecular complexity index is 645. The highest BCUT2D eigenvalue weighted by Gasteiger charge is 2.98. The Balaban J connectivity index is 1.84. The quantitative estimate of drug-likeness (QED) is 0.649. The highest BCUT2D eigenvalue weighted by Crippen LogP contribution is 2.87. The van der Waals surface area contributed by atoms with Gasteiger partial charge in [0.05, 0.1) is 6.10 Å². The summed E-state index contributed by atoms with van der Waals surface area (Å²) in [4.78, 5) is 0. The van der Waals surface area contributed by atoms with Crippen molar-refractivity contribution in [3.63, 3.8) is 0 Å². The van der Waals surface area contributed by atoms with Gasteiger partial charge in [-0.15, -0.1) is 0 Å². The van der Waals surface area contributed by atoms with Gasteiger partial charge >= 0.3 is 24.7 Å². The molecule has 14 heteroatoms. The maximum atomic E-state index is 13.3. The maximum Gasteiger partial charge on any atom is 0.426 e. The molecule has 5 rings (SSSR count). The molecule has 5 aliphatic rings. The molecule has 0 radical (unpaired) electrons. The molecule has 4 saturated carbocycles. The first-order chi connectivity index (χ1) is 11.8. The van der Waals surface area contributed by atoms with Crippen molar-refractivity contribution in [2.45, 2.75) is 42.0 Å². The van der Waals surface area contributed by atoms with Crippen molar-refractivity contribution >= 4 is 0 Å². The molecule has 1 N–H and O–H groups in total. The molecule has 0 aromatic heterocycles. The third kappa shape index (κ3) is 1.80. The monoisotopic (exact) mass is 424 g/mol. The minimum atomic E-state index is -6.33. The second-order valence-corrected chi connectivity index (χ2v) is 7.44. The molecule has 0 aromatic carbocycles. The van der Waals surface area contributed by atoms with Gasteiger partial charge in [-0.2, -0.15) is 52.7 Å². The van der Waals surface area contributed by atoms with Crippen molar-refractivity contribution in [1.29, 1.82) is 0 Å². The standard InChI is InChI=1S/C13H8F12O2/c14-10(15,16)8(26,11(17,18)19)5-1-2-3(1)7-4(5)6(2)9(27-7,12(20,21)22)13(23,24)25/h1-7,26H. The van der Waals surface area contributed by atoms with Crippen molar-refractivity contribution in [2.24, 2.45) is 35.5 Å². The summed E-state index contributed by atoms with van der Waals surface area (Å²) in [6.07, 6.45) is -26.9. The number of ether oxygens (including phenoxy) is 1. The molecule has 0 aromatic rings. The van der Waals surface area contributed by atoms with Gasteiger partial charge in [0.1, 0.15) is 0 Å². The predicted octanol–water partition coefficient (Wildman–Crippen LogP) is 3.84. The van der Waals surface area contributed by atoms with Gasteiger partial charge in [-0.1, -0.05) is 0 Å². The first-order valence-corrected chi connectivity index (χ1v) is 7.51. The molecule has 1 aliphatic heterocycles. The first kappa shape index (κ1) is 19.4. The van der Waals surface area contributed by atoms with E-state index in [1.54, 1.807) is 0 Å². The normalized spacial score (nSPS) is 42.8. The molecule has 0 spiro atoms. The van der Waals surface area contributed by atoms with Crippen molar-refractivity contribution < 1.29 is 62.5 Å². The van der Waals surface area contributed by atoms with Crippen molar-refractivity contribution in [2.75, 3.05) is 0 Å². The van der Waals surface area contributed by atoms with E-state index < -0.39 is 77.5 Å². The molecule has 7 unspecified atom stereocenters. The summed E-state index contributed by atoms with van der Waals surface area (Å²) in [5, 5.41) is 9.55. The smallest absolute Gasteiger partial charge is 0.373 e. The van der Waals surface area contributed by atoms with E-state index in [-0.39, 0.29) is 0 Å². The molecule has 27 heavy (non-hydrogen) atoms. The fourth-order valence-electron chi connectivity index (χ4n) is 5.94. The van der Waals surface area contributed by atoms with Gasteiger partial charge < -0.3 is 9.84 Å². The van der Waals surface area contributed by atoms with E-state index in [1.165, 1.54) is 0 Å². The van der Waals surface area contributed by atoms with E-state index in [1.807, 2.05) is 0 Å². The van der Waals surface area contributed by atoms with Crippen LogP contribution in [0.5, 0.6) is 0 Å². The lowest BCUT2D eigenvalue weighted by Gasteiger charge is -2.40. The number of hydrogen-bond acceptors (Lipinski definition) is 2. The lowest BCUT2D eigenvalue weighted by molar-refractivity contribution is -0.394. The molecular weight excluding hydrogens is 416 g/mol. The zero-order valence-corrected chi connectivity index (χ0v) is 12.4. The summed E-state index contributed by atoms with van der Waals surface area (Å²) in [5.41, 5.74) is -10.2. The Labute approximate surface area is 141 Å². The lowest BCUT2D eigenvalue weighted by Crippen LogP contribution is -2.64. The summed E-state index contributed by atoms with van der Waals surface area (Å²) >= 11 is 0. The topological polar surface area (TPSA) is 29.5 Å². The van der Waals surface area contributed by atoms with Crippen LogP contribution in [-0.2, 0) is 4.74 Å². The van der Waals surface area contributed by atoms with Gasteiger partial charge in [0.25, 0.3) is 11.2 Å². The van der Waals surface area contributed by atoms with Crippen LogP contribution in [0.2, 0.25) is 0 Å². The lowest BCUT2D eigenvalue weighted by atomic mass is 9.74. The fourth-order valence-corrected chi connectivity index (χ4v) is 5.94. The van der Waals surface area contributed by atoms with Gasteiger partial charge in [-0.25, -0.2) is 0 Å². The van der Waals surface area contributed by atoms with E-state index in [2.05, 4.69) is 4.74 Å². The zero-order chi connectivity index (χ0) is 20.7. The van der Waals surface area contributed by atoms with Crippen molar-refractivity contribution in [3.05, 3.63) is 0 Å². The van der Waals surface area contributed by atoms with E-state index in [4.69, 9.17) is 0 Å². The molecule has 1 heterocycles. The van der Waals surface area contributed by atoms with Gasteiger partial charge in [0.15, 0.2) is 0 Å². The second kappa shape index (κ2) is 4.46. The molecule has 1 saturated heterocycles. The SMILES string of the molecule is OC(C1C2C3C4OC(C(F)(F)F)(C(F)(F)F)C(C32)C41)(C(F)(F)F)C(F)(F)F. The van der Waals surface area contributed by atoms with Crippen LogP contribution < -0.4 is 0 Å². The van der Waals surface area contributed by atoms with Gasteiger partial charge in [-0.05, 0) is 23.7 Å². The fraction of sp³-hybridized carbons (Fsp3) is 1.00. The Hall–Kier alpha value is -0.920. The van der Waals surface area contributed by atoms with Crippen LogP contribution in [0.1, 0.15) is 0 Å². The molecule has 0 amide bonds. The number of halogens is 12. The second-order valence-electron chi connectivity index (χ2n) is 7.44. The van der Waals surface area contributed by atoms with Gasteiger partial charge in [-0.3, -0.25) is 0 Å².